The Labute approximate surface area is 162 Å². The van der Waals surface area contributed by atoms with E-state index in [-0.39, 0.29) is 19.0 Å². The smallest absolute Gasteiger partial charge is 0.304 e. The summed E-state index contributed by atoms with van der Waals surface area (Å²) in [6.45, 7) is 2.79. The molecule has 0 saturated carbocycles. The number of esters is 1. The van der Waals surface area contributed by atoms with Crippen LogP contribution in [0.5, 0.6) is 0 Å². The number of likely N-dealkylation sites (tertiary alicyclic amines) is 1. The van der Waals surface area contributed by atoms with E-state index in [0.29, 0.717) is 24.9 Å². The van der Waals surface area contributed by atoms with Crippen LogP contribution in [0.4, 0.5) is 0 Å². The van der Waals surface area contributed by atoms with Crippen LogP contribution in [0, 0.1) is 6.92 Å². The summed E-state index contributed by atoms with van der Waals surface area (Å²) >= 11 is 0. The third kappa shape index (κ3) is 5.74. The van der Waals surface area contributed by atoms with Gasteiger partial charge in [0.05, 0.1) is 18.7 Å². The van der Waals surface area contributed by atoms with E-state index in [1.807, 2.05) is 0 Å². The maximum atomic E-state index is 12.5. The Kier molecular flexibility index (Phi) is 7.44. The van der Waals surface area contributed by atoms with Gasteiger partial charge < -0.3 is 25.4 Å². The fourth-order valence-corrected chi connectivity index (χ4v) is 2.93. The van der Waals surface area contributed by atoms with Gasteiger partial charge in [-0.15, -0.1) is 0 Å². The Hall–Kier alpha value is -3.01. The van der Waals surface area contributed by atoms with E-state index in [1.54, 1.807) is 19.2 Å². The maximum absolute atomic E-state index is 12.5. The van der Waals surface area contributed by atoms with Gasteiger partial charge in [-0.05, 0) is 31.4 Å². The number of carbonyl (C=O) groups is 4. The lowest BCUT2D eigenvalue weighted by atomic mass is 10.1. The molecule has 0 bridgehead atoms. The molecule has 1 aliphatic rings. The molecule has 2 heterocycles. The molecule has 2 rings (SSSR count). The molecule has 10 heteroatoms. The predicted octanol–water partition coefficient (Wildman–Crippen LogP) is -0.891. The summed E-state index contributed by atoms with van der Waals surface area (Å²) in [6, 6.07) is 0.996. The molecule has 1 saturated heterocycles. The highest BCUT2D eigenvalue weighted by molar-refractivity contribution is 5.98. The fourth-order valence-electron chi connectivity index (χ4n) is 2.93. The van der Waals surface area contributed by atoms with Gasteiger partial charge in [0.15, 0.2) is 0 Å². The highest BCUT2D eigenvalue weighted by Crippen LogP contribution is 2.17. The first-order valence-electron chi connectivity index (χ1n) is 8.91. The summed E-state index contributed by atoms with van der Waals surface area (Å²) in [5.41, 5.74) is 1.12. The van der Waals surface area contributed by atoms with Crippen LogP contribution in [0.1, 0.15) is 35.7 Å². The van der Waals surface area contributed by atoms with Gasteiger partial charge in [0, 0.05) is 25.9 Å². The molecule has 0 aliphatic carbocycles. The Bertz CT molecular complexity index is 753. The number of ether oxygens (including phenoxy) is 1. The standard InChI is InChI=1S/C18H24N4O6/c1-11-5-6-19-8-13(11)17(26)20-9-15(24)22-7-3-4-14(22)18(27)21-10-16(25)28-12(2)23/h5-6,8,14,16,25H,3-4,7,9-10H2,1-2H3,(H,20,26)(H,21,27)/t14-,16+/m0/s1. The first kappa shape index (κ1) is 21.3. The van der Waals surface area contributed by atoms with Gasteiger partial charge in [0.1, 0.15) is 6.04 Å². The number of aliphatic hydroxyl groups is 1. The number of nitrogens with zero attached hydrogens (tertiary/aromatic N) is 2. The van der Waals surface area contributed by atoms with Crippen molar-refractivity contribution in [3.63, 3.8) is 0 Å². The molecule has 1 fully saturated rings. The van der Waals surface area contributed by atoms with Gasteiger partial charge in [0.25, 0.3) is 5.91 Å². The summed E-state index contributed by atoms with van der Waals surface area (Å²) in [5, 5.41) is 14.5. The first-order chi connectivity index (χ1) is 13.3. The van der Waals surface area contributed by atoms with E-state index in [1.165, 1.54) is 11.1 Å². The van der Waals surface area contributed by atoms with E-state index >= 15 is 0 Å². The monoisotopic (exact) mass is 392 g/mol. The molecule has 0 unspecified atom stereocenters. The van der Waals surface area contributed by atoms with E-state index < -0.39 is 30.1 Å². The zero-order valence-electron chi connectivity index (χ0n) is 15.8. The number of pyridine rings is 1. The highest BCUT2D eigenvalue weighted by Gasteiger charge is 2.34. The van der Waals surface area contributed by atoms with Crippen LogP contribution in [0.2, 0.25) is 0 Å². The molecule has 1 aromatic heterocycles. The molecule has 0 spiro atoms. The topological polar surface area (TPSA) is 138 Å². The number of amides is 3. The van der Waals surface area contributed by atoms with Gasteiger partial charge >= 0.3 is 5.97 Å². The lowest BCUT2D eigenvalue weighted by Crippen LogP contribution is -2.50. The van der Waals surface area contributed by atoms with Crippen molar-refractivity contribution in [2.24, 2.45) is 0 Å². The highest BCUT2D eigenvalue weighted by atomic mass is 16.6. The van der Waals surface area contributed by atoms with Crippen LogP contribution < -0.4 is 10.6 Å². The van der Waals surface area contributed by atoms with E-state index in [2.05, 4.69) is 20.4 Å². The third-order valence-electron chi connectivity index (χ3n) is 4.31. The van der Waals surface area contributed by atoms with Crippen LogP contribution in [0.3, 0.4) is 0 Å². The normalized spacial score (nSPS) is 17.0. The van der Waals surface area contributed by atoms with Crippen LogP contribution >= 0.6 is 0 Å². The summed E-state index contributed by atoms with van der Waals surface area (Å²) in [5.74, 6) is -1.91. The van der Waals surface area contributed by atoms with Crippen molar-refractivity contribution in [2.45, 2.75) is 39.0 Å². The molecule has 0 radical (unpaired) electrons. The van der Waals surface area contributed by atoms with Crippen molar-refractivity contribution in [3.05, 3.63) is 29.6 Å². The predicted molar refractivity (Wildman–Crippen MR) is 96.8 cm³/mol. The number of hydrogen-bond acceptors (Lipinski definition) is 7. The van der Waals surface area contributed by atoms with Crippen molar-refractivity contribution in [1.82, 2.24) is 20.5 Å². The average molecular weight is 392 g/mol. The lowest BCUT2D eigenvalue weighted by Gasteiger charge is -2.24. The molecule has 3 amide bonds. The molecule has 28 heavy (non-hydrogen) atoms. The second kappa shape index (κ2) is 9.79. The van der Waals surface area contributed by atoms with Crippen LogP contribution in [0.25, 0.3) is 0 Å². The minimum Gasteiger partial charge on any atom is -0.434 e. The van der Waals surface area contributed by atoms with Crippen LogP contribution in [-0.2, 0) is 19.1 Å². The van der Waals surface area contributed by atoms with E-state index in [9.17, 15) is 24.3 Å². The van der Waals surface area contributed by atoms with Crippen molar-refractivity contribution >= 4 is 23.7 Å². The lowest BCUT2D eigenvalue weighted by molar-refractivity contribution is -0.165. The molecule has 1 aromatic rings. The van der Waals surface area contributed by atoms with Crippen molar-refractivity contribution in [1.29, 1.82) is 0 Å². The molecule has 1 aliphatic heterocycles. The molecule has 152 valence electrons. The Morgan fingerprint density at radius 3 is 2.79 bits per heavy atom. The van der Waals surface area contributed by atoms with Crippen molar-refractivity contribution in [3.8, 4) is 0 Å². The largest absolute Gasteiger partial charge is 0.434 e. The van der Waals surface area contributed by atoms with Crippen LogP contribution in [0.15, 0.2) is 18.5 Å². The Morgan fingerprint density at radius 1 is 1.36 bits per heavy atom. The zero-order valence-corrected chi connectivity index (χ0v) is 15.8. The Balaban J connectivity index is 1.86. The fraction of sp³-hybridized carbons (Fsp3) is 0.500. The zero-order chi connectivity index (χ0) is 20.7. The SMILES string of the molecule is CC(=O)O[C@@H](O)CNC(=O)[C@@H]1CCCN1C(=O)CNC(=O)c1cnccc1C. The molecular weight excluding hydrogens is 368 g/mol. The number of hydrogen-bond donors (Lipinski definition) is 3. The molecule has 3 N–H and O–H groups in total. The number of aryl methyl sites for hydroxylation is 1. The van der Waals surface area contributed by atoms with Crippen molar-refractivity contribution < 1.29 is 29.0 Å². The third-order valence-corrected chi connectivity index (χ3v) is 4.31. The quantitative estimate of drug-likeness (QED) is 0.404. The molecular formula is C18H24N4O6. The van der Waals surface area contributed by atoms with Gasteiger partial charge in [-0.2, -0.15) is 0 Å². The second-order valence-corrected chi connectivity index (χ2v) is 6.43. The number of aliphatic hydroxyl groups excluding tert-OH is 1. The second-order valence-electron chi connectivity index (χ2n) is 6.43. The summed E-state index contributed by atoms with van der Waals surface area (Å²) < 4.78 is 4.52. The molecule has 0 aromatic carbocycles. The number of nitrogens with one attached hydrogen (secondary N) is 2. The number of rotatable bonds is 7. The number of aromatic nitrogens is 1. The minimum absolute atomic E-state index is 0.243. The first-order valence-corrected chi connectivity index (χ1v) is 8.91. The molecule has 2 atom stereocenters. The summed E-state index contributed by atoms with van der Waals surface area (Å²) in [4.78, 5) is 53.0. The van der Waals surface area contributed by atoms with Gasteiger partial charge in [-0.3, -0.25) is 24.2 Å². The number of carbonyl (C=O) groups excluding carboxylic acids is 4. The van der Waals surface area contributed by atoms with Gasteiger partial charge in [0.2, 0.25) is 18.1 Å². The maximum Gasteiger partial charge on any atom is 0.304 e. The van der Waals surface area contributed by atoms with Gasteiger partial charge in [-0.1, -0.05) is 0 Å². The summed E-state index contributed by atoms with van der Waals surface area (Å²) in [6.07, 6.45) is 2.66. The van der Waals surface area contributed by atoms with E-state index in [4.69, 9.17) is 0 Å². The molecule has 10 nitrogen and oxygen atoms in total. The Morgan fingerprint density at radius 2 is 2.11 bits per heavy atom. The van der Waals surface area contributed by atoms with Crippen LogP contribution in [-0.4, -0.2) is 70.6 Å². The average Bonchev–Trinajstić information content (AvgIpc) is 3.13. The van der Waals surface area contributed by atoms with Crippen molar-refractivity contribution in [2.75, 3.05) is 19.6 Å². The van der Waals surface area contributed by atoms with E-state index in [0.717, 1.165) is 12.5 Å². The van der Waals surface area contributed by atoms with Gasteiger partial charge in [-0.25, -0.2) is 0 Å². The summed E-state index contributed by atoms with van der Waals surface area (Å²) in [7, 11) is 0. The minimum atomic E-state index is -1.45.